The second kappa shape index (κ2) is 5.88. The summed E-state index contributed by atoms with van der Waals surface area (Å²) in [7, 11) is 0. The molecule has 2 atom stereocenters. The summed E-state index contributed by atoms with van der Waals surface area (Å²) >= 11 is 1.37. The van der Waals surface area contributed by atoms with Crippen LogP contribution in [-0.4, -0.2) is 28.5 Å². The molecular weight excluding hydrogens is 331 g/mol. The Hall–Kier alpha value is -2.03. The van der Waals surface area contributed by atoms with Crippen LogP contribution in [0.1, 0.15) is 40.7 Å². The largest absolute Gasteiger partial charge is 0.462 e. The van der Waals surface area contributed by atoms with Crippen molar-refractivity contribution < 1.29 is 22.7 Å². The van der Waals surface area contributed by atoms with Crippen molar-refractivity contribution in [3.63, 3.8) is 0 Å². The molecular formula is C14H14F3N3O2S. The molecule has 0 saturated heterocycles. The fraction of sp³-hybridized carbons (Fsp3) is 0.429. The van der Waals surface area contributed by atoms with Gasteiger partial charge in [0.1, 0.15) is 11.4 Å². The molecule has 0 fully saturated rings. The summed E-state index contributed by atoms with van der Waals surface area (Å²) < 4.78 is 45.9. The van der Waals surface area contributed by atoms with Crippen molar-refractivity contribution in [3.05, 3.63) is 34.2 Å². The van der Waals surface area contributed by atoms with Gasteiger partial charge in [-0.25, -0.2) is 9.48 Å². The number of alkyl halides is 3. The van der Waals surface area contributed by atoms with Crippen LogP contribution in [0.4, 0.5) is 19.0 Å². The third-order valence-electron chi connectivity index (χ3n) is 3.62. The summed E-state index contributed by atoms with van der Waals surface area (Å²) in [5.41, 5.74) is 0.0161. The zero-order valence-corrected chi connectivity index (χ0v) is 12.9. The molecule has 124 valence electrons. The summed E-state index contributed by atoms with van der Waals surface area (Å²) in [5, 5.41) is 8.56. The number of hydrogen-bond acceptors (Lipinski definition) is 5. The molecule has 0 spiro atoms. The SMILES string of the molecule is CCOC(=O)c1cnn2c1N[C@@H](c1cccs1)C[C@@H]2C(F)(F)F. The molecule has 0 unspecified atom stereocenters. The first-order valence-corrected chi connectivity index (χ1v) is 7.91. The Morgan fingerprint density at radius 2 is 2.35 bits per heavy atom. The smallest absolute Gasteiger partial charge is 0.410 e. The number of halogens is 3. The summed E-state index contributed by atoms with van der Waals surface area (Å²) in [6, 6.07) is 1.24. The normalized spacial score (nSPS) is 20.7. The van der Waals surface area contributed by atoms with Crippen molar-refractivity contribution in [1.29, 1.82) is 0 Å². The van der Waals surface area contributed by atoms with Gasteiger partial charge < -0.3 is 10.1 Å². The average molecular weight is 345 g/mol. The topological polar surface area (TPSA) is 56.1 Å². The number of nitrogens with zero attached hydrogens (tertiary/aromatic N) is 2. The van der Waals surface area contributed by atoms with Crippen molar-refractivity contribution in [2.24, 2.45) is 0 Å². The second-order valence-electron chi connectivity index (χ2n) is 5.08. The van der Waals surface area contributed by atoms with E-state index >= 15 is 0 Å². The fourth-order valence-corrected chi connectivity index (χ4v) is 3.39. The maximum atomic E-state index is 13.4. The van der Waals surface area contributed by atoms with Crippen LogP contribution < -0.4 is 5.32 Å². The molecule has 1 N–H and O–H groups in total. The number of fused-ring (bicyclic) bond motifs is 1. The van der Waals surface area contributed by atoms with E-state index in [1.807, 2.05) is 0 Å². The molecule has 0 aliphatic carbocycles. The molecule has 0 saturated carbocycles. The van der Waals surface area contributed by atoms with Crippen molar-refractivity contribution in [2.75, 3.05) is 11.9 Å². The van der Waals surface area contributed by atoms with Gasteiger partial charge in [-0.1, -0.05) is 6.07 Å². The standard InChI is InChI=1S/C14H14F3N3O2S/c1-2-22-13(21)8-7-18-20-11(14(15,16)17)6-9(19-12(8)20)10-4-3-5-23-10/h3-5,7,9,11,19H,2,6H2,1H3/t9-,11-/m1/s1. The molecule has 0 amide bonds. The summed E-state index contributed by atoms with van der Waals surface area (Å²) in [6.45, 7) is 1.77. The van der Waals surface area contributed by atoms with E-state index in [1.165, 1.54) is 11.3 Å². The van der Waals surface area contributed by atoms with Gasteiger partial charge >= 0.3 is 12.1 Å². The van der Waals surface area contributed by atoms with Gasteiger partial charge in [0, 0.05) is 11.3 Å². The molecule has 0 radical (unpaired) electrons. The van der Waals surface area contributed by atoms with Gasteiger partial charge in [0.05, 0.1) is 18.8 Å². The van der Waals surface area contributed by atoms with E-state index < -0.39 is 24.2 Å². The highest BCUT2D eigenvalue weighted by Crippen LogP contribution is 2.45. The molecule has 1 aliphatic heterocycles. The highest BCUT2D eigenvalue weighted by molar-refractivity contribution is 7.10. The number of ether oxygens (including phenoxy) is 1. The third-order valence-corrected chi connectivity index (χ3v) is 4.61. The van der Waals surface area contributed by atoms with Crippen LogP contribution in [0.3, 0.4) is 0 Å². The number of rotatable bonds is 3. The number of thiophene rings is 1. The van der Waals surface area contributed by atoms with Gasteiger partial charge in [0.2, 0.25) is 0 Å². The zero-order valence-electron chi connectivity index (χ0n) is 12.1. The van der Waals surface area contributed by atoms with E-state index in [0.717, 1.165) is 15.8 Å². The number of anilines is 1. The highest BCUT2D eigenvalue weighted by atomic mass is 32.1. The molecule has 0 bridgehead atoms. The minimum absolute atomic E-state index is 0.0161. The molecule has 5 nitrogen and oxygen atoms in total. The van der Waals surface area contributed by atoms with E-state index in [1.54, 1.807) is 24.4 Å². The van der Waals surface area contributed by atoms with Gasteiger partial charge in [0.15, 0.2) is 6.04 Å². The van der Waals surface area contributed by atoms with Crippen LogP contribution in [0.15, 0.2) is 23.7 Å². The lowest BCUT2D eigenvalue weighted by atomic mass is 10.0. The zero-order chi connectivity index (χ0) is 16.6. The van der Waals surface area contributed by atoms with Crippen LogP contribution >= 0.6 is 11.3 Å². The first kappa shape index (κ1) is 15.9. The van der Waals surface area contributed by atoms with Crippen molar-refractivity contribution in [3.8, 4) is 0 Å². The lowest BCUT2D eigenvalue weighted by Crippen LogP contribution is -2.36. The second-order valence-corrected chi connectivity index (χ2v) is 6.06. The predicted molar refractivity (Wildman–Crippen MR) is 78.6 cm³/mol. The first-order valence-electron chi connectivity index (χ1n) is 7.03. The average Bonchev–Trinajstić information content (AvgIpc) is 3.14. The van der Waals surface area contributed by atoms with E-state index in [0.29, 0.717) is 0 Å². The number of carbonyl (C=O) groups is 1. The van der Waals surface area contributed by atoms with Crippen LogP contribution in [-0.2, 0) is 4.74 Å². The van der Waals surface area contributed by atoms with Gasteiger partial charge in [0.25, 0.3) is 0 Å². The summed E-state index contributed by atoms with van der Waals surface area (Å²) in [5.74, 6) is -0.635. The maximum absolute atomic E-state index is 13.4. The predicted octanol–water partition coefficient (Wildman–Crippen LogP) is 3.78. The van der Waals surface area contributed by atoms with E-state index in [-0.39, 0.29) is 24.4 Å². The molecule has 1 aliphatic rings. The van der Waals surface area contributed by atoms with Gasteiger partial charge in [-0.15, -0.1) is 11.3 Å². The monoisotopic (exact) mass is 345 g/mol. The molecule has 2 aromatic rings. The molecule has 3 rings (SSSR count). The van der Waals surface area contributed by atoms with Gasteiger partial charge in [-0.05, 0) is 18.4 Å². The number of aromatic nitrogens is 2. The minimum atomic E-state index is -4.45. The van der Waals surface area contributed by atoms with Crippen LogP contribution in [0.5, 0.6) is 0 Å². The minimum Gasteiger partial charge on any atom is -0.462 e. The van der Waals surface area contributed by atoms with Gasteiger partial charge in [-0.2, -0.15) is 18.3 Å². The lowest BCUT2D eigenvalue weighted by Gasteiger charge is -2.33. The Bertz CT molecular complexity index is 697. The Morgan fingerprint density at radius 3 is 2.96 bits per heavy atom. The van der Waals surface area contributed by atoms with E-state index in [2.05, 4.69) is 10.4 Å². The molecule has 23 heavy (non-hydrogen) atoms. The molecule has 9 heteroatoms. The van der Waals surface area contributed by atoms with Crippen molar-refractivity contribution >= 4 is 23.1 Å². The van der Waals surface area contributed by atoms with Crippen molar-refractivity contribution in [2.45, 2.75) is 31.6 Å². The maximum Gasteiger partial charge on any atom is 0.410 e. The quantitative estimate of drug-likeness (QED) is 0.860. The Balaban J connectivity index is 2.02. The van der Waals surface area contributed by atoms with E-state index in [4.69, 9.17) is 4.74 Å². The number of carbonyl (C=O) groups excluding carboxylic acids is 1. The van der Waals surface area contributed by atoms with Crippen LogP contribution in [0.2, 0.25) is 0 Å². The van der Waals surface area contributed by atoms with Gasteiger partial charge in [-0.3, -0.25) is 0 Å². The molecule has 3 heterocycles. The summed E-state index contributed by atoms with van der Waals surface area (Å²) in [6.07, 6.45) is -3.51. The summed E-state index contributed by atoms with van der Waals surface area (Å²) in [4.78, 5) is 12.7. The molecule has 2 aromatic heterocycles. The number of esters is 1. The van der Waals surface area contributed by atoms with Crippen molar-refractivity contribution in [1.82, 2.24) is 9.78 Å². The van der Waals surface area contributed by atoms with Crippen LogP contribution in [0.25, 0.3) is 0 Å². The van der Waals surface area contributed by atoms with Crippen LogP contribution in [0, 0.1) is 0 Å². The fourth-order valence-electron chi connectivity index (χ4n) is 2.60. The Labute approximate surface area is 134 Å². The van der Waals surface area contributed by atoms with E-state index in [9.17, 15) is 18.0 Å². The Morgan fingerprint density at radius 1 is 1.57 bits per heavy atom. The third kappa shape index (κ3) is 2.92. The lowest BCUT2D eigenvalue weighted by molar-refractivity contribution is -0.173. The first-order chi connectivity index (χ1) is 10.9. The molecule has 0 aromatic carbocycles. The highest BCUT2D eigenvalue weighted by Gasteiger charge is 2.47. The number of hydrogen-bond donors (Lipinski definition) is 1. The number of nitrogens with one attached hydrogen (secondary N) is 1. The Kier molecular flexibility index (Phi) is 4.05.